The van der Waals surface area contributed by atoms with E-state index in [9.17, 15) is 4.57 Å². The molecule has 6 heteroatoms. The first-order chi connectivity index (χ1) is 13.6. The molecular formula is C22H18ClO3PSe. The van der Waals surface area contributed by atoms with Crippen LogP contribution in [0.2, 0.25) is 5.02 Å². The summed E-state index contributed by atoms with van der Waals surface area (Å²) in [5.41, 5.74) is 1.72. The van der Waals surface area contributed by atoms with Gasteiger partial charge in [-0.3, -0.25) is 0 Å². The van der Waals surface area contributed by atoms with Crippen molar-refractivity contribution in [3.8, 4) is 0 Å². The fraction of sp³-hybridized carbons (Fsp3) is 0.0909. The molecule has 1 atom stereocenters. The first-order valence-corrected chi connectivity index (χ1v) is 12.5. The third kappa shape index (κ3) is 3.85. The van der Waals surface area contributed by atoms with Gasteiger partial charge < -0.3 is 0 Å². The first kappa shape index (κ1) is 19.5. The molecule has 0 saturated heterocycles. The third-order valence-electron chi connectivity index (χ3n) is 4.21. The second-order valence-corrected chi connectivity index (χ2v) is 10.7. The maximum atomic E-state index is 13.6. The number of benzene rings is 3. The molecule has 1 aliphatic heterocycles. The Kier molecular flexibility index (Phi) is 5.78. The predicted molar refractivity (Wildman–Crippen MR) is 116 cm³/mol. The van der Waals surface area contributed by atoms with E-state index in [2.05, 4.69) is 12.1 Å². The van der Waals surface area contributed by atoms with Gasteiger partial charge in [-0.25, -0.2) is 0 Å². The summed E-state index contributed by atoms with van der Waals surface area (Å²) in [4.78, 5) is 0. The van der Waals surface area contributed by atoms with Crippen LogP contribution in [0.25, 0.3) is 10.2 Å². The zero-order valence-corrected chi connectivity index (χ0v) is 18.5. The van der Waals surface area contributed by atoms with Crippen molar-refractivity contribution in [2.45, 2.75) is 6.92 Å². The third-order valence-corrected chi connectivity index (χ3v) is 8.79. The van der Waals surface area contributed by atoms with Crippen molar-refractivity contribution < 1.29 is 13.6 Å². The molecule has 0 fully saturated rings. The molecule has 4 rings (SSSR count). The van der Waals surface area contributed by atoms with Gasteiger partial charge in [0.15, 0.2) is 0 Å². The summed E-state index contributed by atoms with van der Waals surface area (Å²) < 4.78 is 27.6. The van der Waals surface area contributed by atoms with Gasteiger partial charge in [0.1, 0.15) is 0 Å². The summed E-state index contributed by atoms with van der Waals surface area (Å²) in [7, 11) is -3.47. The Balaban J connectivity index is 1.95. The summed E-state index contributed by atoms with van der Waals surface area (Å²) in [5, 5.41) is 1.22. The van der Waals surface area contributed by atoms with Crippen LogP contribution in [-0.2, 0) is 13.6 Å². The van der Waals surface area contributed by atoms with Gasteiger partial charge in [0.05, 0.1) is 0 Å². The Hall–Kier alpha value is -1.80. The summed E-state index contributed by atoms with van der Waals surface area (Å²) >= 11 is 6.18. The van der Waals surface area contributed by atoms with E-state index in [0.29, 0.717) is 22.7 Å². The van der Waals surface area contributed by atoms with Gasteiger partial charge in [-0.2, -0.15) is 0 Å². The average molecular weight is 476 g/mol. The van der Waals surface area contributed by atoms with Crippen LogP contribution in [0.15, 0.2) is 78.9 Å². The van der Waals surface area contributed by atoms with E-state index in [0.717, 1.165) is 15.6 Å². The zero-order chi connectivity index (χ0) is 19.6. The normalized spacial score (nSPS) is 18.5. The van der Waals surface area contributed by atoms with E-state index in [1.165, 1.54) is 4.46 Å². The van der Waals surface area contributed by atoms with Crippen molar-refractivity contribution >= 4 is 54.2 Å². The van der Waals surface area contributed by atoms with Crippen molar-refractivity contribution in [2.75, 3.05) is 6.61 Å². The molecule has 1 aliphatic rings. The number of rotatable bonds is 5. The van der Waals surface area contributed by atoms with Crippen LogP contribution >= 0.6 is 19.2 Å². The van der Waals surface area contributed by atoms with E-state index >= 15 is 0 Å². The molecular weight excluding hydrogens is 458 g/mol. The summed E-state index contributed by atoms with van der Waals surface area (Å²) in [6.45, 7) is 2.12. The van der Waals surface area contributed by atoms with E-state index in [4.69, 9.17) is 20.6 Å². The van der Waals surface area contributed by atoms with Crippen molar-refractivity contribution in [2.24, 2.45) is 0 Å². The molecule has 142 valence electrons. The van der Waals surface area contributed by atoms with Crippen LogP contribution < -0.4 is 9.77 Å². The van der Waals surface area contributed by atoms with Crippen molar-refractivity contribution in [3.63, 3.8) is 0 Å². The Labute approximate surface area is 176 Å². The van der Waals surface area contributed by atoms with Crippen LogP contribution in [0.3, 0.4) is 0 Å². The van der Waals surface area contributed by atoms with Gasteiger partial charge in [0, 0.05) is 0 Å². The second kappa shape index (κ2) is 8.29. The molecule has 3 nitrogen and oxygen atoms in total. The quantitative estimate of drug-likeness (QED) is 0.381. The molecule has 0 bridgehead atoms. The Morgan fingerprint density at radius 3 is 2.50 bits per heavy atom. The number of hydrogen-bond acceptors (Lipinski definition) is 3. The molecule has 0 saturated carbocycles. The topological polar surface area (TPSA) is 35.5 Å². The minimum atomic E-state index is -3.47. The number of hydrogen-bond donors (Lipinski definition) is 0. The van der Waals surface area contributed by atoms with Gasteiger partial charge in [0.2, 0.25) is 0 Å². The monoisotopic (exact) mass is 476 g/mol. The molecule has 1 heterocycles. The number of fused-ring (bicyclic) bond motifs is 1. The summed E-state index contributed by atoms with van der Waals surface area (Å²) in [5.74, 6) is 0.585. The Bertz CT molecular complexity index is 1080. The first-order valence-electron chi connectivity index (χ1n) is 8.88. The van der Waals surface area contributed by atoms with Crippen LogP contribution in [0, 0.1) is 0 Å². The van der Waals surface area contributed by atoms with Gasteiger partial charge in [0.25, 0.3) is 0 Å². The van der Waals surface area contributed by atoms with Gasteiger partial charge >= 0.3 is 176 Å². The van der Waals surface area contributed by atoms with Gasteiger partial charge in [-0.15, -0.1) is 0 Å². The van der Waals surface area contributed by atoms with Gasteiger partial charge in [-0.05, 0) is 0 Å². The fourth-order valence-corrected chi connectivity index (χ4v) is 7.58. The fourth-order valence-electron chi connectivity index (χ4n) is 3.02. The van der Waals surface area contributed by atoms with Crippen LogP contribution in [0.5, 0.6) is 0 Å². The molecule has 0 aliphatic carbocycles. The molecule has 3 aromatic carbocycles. The molecule has 0 aromatic heterocycles. The molecule has 0 radical (unpaired) electrons. The van der Waals surface area contributed by atoms with Crippen molar-refractivity contribution in [1.29, 1.82) is 0 Å². The predicted octanol–water partition coefficient (Wildman–Crippen LogP) is 5.08. The van der Waals surface area contributed by atoms with E-state index in [1.807, 2.05) is 73.7 Å². The van der Waals surface area contributed by atoms with Crippen molar-refractivity contribution in [1.82, 2.24) is 0 Å². The van der Waals surface area contributed by atoms with E-state index < -0.39 is 7.60 Å². The summed E-state index contributed by atoms with van der Waals surface area (Å²) in [6.07, 6.45) is 0. The van der Waals surface area contributed by atoms with E-state index in [-0.39, 0.29) is 15.0 Å². The zero-order valence-electron chi connectivity index (χ0n) is 15.2. The second-order valence-electron chi connectivity index (χ2n) is 6.11. The van der Waals surface area contributed by atoms with Crippen LogP contribution in [0.4, 0.5) is 0 Å². The number of halogens is 1. The standard InChI is InChI=1S/C22H18ClO3PSe/c1-2-25-27(24)20-14-7-6-13-19(20)22(28-18-11-4-3-5-12-18)21(26-27)16-9-8-10-17(23)15-16/h3-15H,2H2,1H3. The van der Waals surface area contributed by atoms with Gasteiger partial charge in [-0.1, -0.05) is 0 Å². The molecule has 0 amide bonds. The molecule has 0 spiro atoms. The van der Waals surface area contributed by atoms with Crippen LogP contribution in [-0.4, -0.2) is 21.6 Å². The molecule has 1 unspecified atom stereocenters. The molecule has 0 N–H and O–H groups in total. The molecule has 3 aromatic rings. The SMILES string of the molecule is CCOP1(=O)OC(c2cccc(Cl)c2)=C([Se]c2ccccc2)c2ccccc21. The van der Waals surface area contributed by atoms with E-state index in [1.54, 1.807) is 0 Å². The van der Waals surface area contributed by atoms with Crippen LogP contribution in [0.1, 0.15) is 18.1 Å². The maximum absolute atomic E-state index is 13.6. The Morgan fingerprint density at radius 2 is 1.75 bits per heavy atom. The molecule has 28 heavy (non-hydrogen) atoms. The van der Waals surface area contributed by atoms with Crippen molar-refractivity contribution in [3.05, 3.63) is 95.0 Å². The minimum absolute atomic E-state index is 0.0491. The Morgan fingerprint density at radius 1 is 1.00 bits per heavy atom. The summed E-state index contributed by atoms with van der Waals surface area (Å²) in [6, 6.07) is 25.3. The average Bonchev–Trinajstić information content (AvgIpc) is 2.71.